The van der Waals surface area contributed by atoms with Gasteiger partial charge in [-0.3, -0.25) is 0 Å². The highest BCUT2D eigenvalue weighted by molar-refractivity contribution is 5.60. The van der Waals surface area contributed by atoms with Crippen molar-refractivity contribution in [3.05, 3.63) is 29.6 Å². The molecule has 1 aromatic rings. The van der Waals surface area contributed by atoms with E-state index >= 15 is 0 Å². The van der Waals surface area contributed by atoms with Gasteiger partial charge in [0.15, 0.2) is 12.4 Å². The first-order chi connectivity index (χ1) is 6.60. The summed E-state index contributed by atoms with van der Waals surface area (Å²) in [5.74, 6) is -1.08. The number of H-pyrrole nitrogens is 1. The standard InChI is InChI=1S/C9H13N.C2H4O2.H3N/c1-3-8-5-9(4-2)7-10-6-8;1-2(3)4;/h5-7H,3-4H2,1-2H3;1H3,(H,3,4);1H3. The largest absolute Gasteiger partial charge is 0.550 e. The summed E-state index contributed by atoms with van der Waals surface area (Å²) in [6, 6.07) is 2.25. The van der Waals surface area contributed by atoms with E-state index in [1.807, 2.05) is 0 Å². The Labute approximate surface area is 90.9 Å². The molecule has 0 saturated carbocycles. The van der Waals surface area contributed by atoms with Crippen molar-refractivity contribution in [3.8, 4) is 0 Å². The van der Waals surface area contributed by atoms with Crippen molar-refractivity contribution in [1.29, 1.82) is 0 Å². The van der Waals surface area contributed by atoms with E-state index in [2.05, 4.69) is 37.3 Å². The third-order valence-electron chi connectivity index (χ3n) is 1.72. The lowest BCUT2D eigenvalue weighted by Gasteiger charge is -1.93. The van der Waals surface area contributed by atoms with Gasteiger partial charge >= 0.3 is 0 Å². The van der Waals surface area contributed by atoms with E-state index in [1.165, 1.54) is 11.1 Å². The van der Waals surface area contributed by atoms with Gasteiger partial charge in [0.05, 0.1) is 0 Å². The molecule has 0 atom stereocenters. The zero-order chi connectivity index (χ0) is 11.0. The van der Waals surface area contributed by atoms with E-state index in [-0.39, 0.29) is 6.15 Å². The molecule has 0 aliphatic carbocycles. The van der Waals surface area contributed by atoms with Crippen LogP contribution in [0.1, 0.15) is 31.9 Å². The molecule has 0 bridgehead atoms. The molecule has 0 amide bonds. The molecule has 0 radical (unpaired) electrons. The minimum Gasteiger partial charge on any atom is -0.550 e. The molecule has 0 saturated heterocycles. The number of rotatable bonds is 2. The number of carboxylic acids is 1. The number of hydrogen-bond acceptors (Lipinski definition) is 3. The van der Waals surface area contributed by atoms with Crippen molar-refractivity contribution in [3.63, 3.8) is 0 Å². The summed E-state index contributed by atoms with van der Waals surface area (Å²) in [6.07, 6.45) is 6.34. The van der Waals surface area contributed by atoms with Gasteiger partial charge in [0, 0.05) is 17.1 Å². The van der Waals surface area contributed by atoms with Crippen LogP contribution in [0.2, 0.25) is 0 Å². The fourth-order valence-electron chi connectivity index (χ4n) is 0.985. The Morgan fingerprint density at radius 1 is 1.27 bits per heavy atom. The van der Waals surface area contributed by atoms with Crippen LogP contribution in [0, 0.1) is 0 Å². The highest BCUT2D eigenvalue weighted by Gasteiger charge is 1.95. The first-order valence-electron chi connectivity index (χ1n) is 4.76. The number of pyridine rings is 1. The predicted molar refractivity (Wildman–Crippen MR) is 57.5 cm³/mol. The average Bonchev–Trinajstić information content (AvgIpc) is 2.17. The molecule has 0 aliphatic rings. The summed E-state index contributed by atoms with van der Waals surface area (Å²) < 4.78 is 0. The number of nitrogens with one attached hydrogen (secondary N) is 1. The summed E-state index contributed by atoms with van der Waals surface area (Å²) in [7, 11) is 0. The zero-order valence-electron chi connectivity index (χ0n) is 9.67. The lowest BCUT2D eigenvalue weighted by molar-refractivity contribution is -0.379. The number of aromatic nitrogens is 1. The van der Waals surface area contributed by atoms with E-state index in [4.69, 9.17) is 9.90 Å². The van der Waals surface area contributed by atoms with Gasteiger partial charge in [0.1, 0.15) is 0 Å². The highest BCUT2D eigenvalue weighted by atomic mass is 16.4. The van der Waals surface area contributed by atoms with Crippen LogP contribution in [0.15, 0.2) is 18.5 Å². The number of hydrogen-bond donors (Lipinski definition) is 1. The fraction of sp³-hybridized carbons (Fsp3) is 0.455. The summed E-state index contributed by atoms with van der Waals surface area (Å²) in [5, 5.41) is 8.89. The van der Waals surface area contributed by atoms with Crippen LogP contribution >= 0.6 is 0 Å². The summed E-state index contributed by atoms with van der Waals surface area (Å²) >= 11 is 0. The lowest BCUT2D eigenvalue weighted by Crippen LogP contribution is -2.16. The molecule has 4 nitrogen and oxygen atoms in total. The minimum atomic E-state index is -1.08. The maximum Gasteiger partial charge on any atom is 0.170 e. The molecule has 4 heteroatoms. The van der Waals surface area contributed by atoms with Crippen LogP contribution in [0.25, 0.3) is 0 Å². The lowest BCUT2D eigenvalue weighted by atomic mass is 10.1. The van der Waals surface area contributed by atoms with Crippen molar-refractivity contribution in [2.75, 3.05) is 0 Å². The molecular formula is C11H20N2O2. The third-order valence-corrected chi connectivity index (χ3v) is 1.72. The van der Waals surface area contributed by atoms with Gasteiger partial charge in [-0.1, -0.05) is 13.8 Å². The van der Waals surface area contributed by atoms with Gasteiger partial charge < -0.3 is 16.1 Å². The maximum absolute atomic E-state index is 8.89. The molecule has 0 unspecified atom stereocenters. The smallest absolute Gasteiger partial charge is 0.170 e. The summed E-state index contributed by atoms with van der Waals surface area (Å²) in [6.45, 7) is 5.31. The molecule has 4 N–H and O–H groups in total. The first kappa shape index (κ1) is 16.0. The third kappa shape index (κ3) is 8.90. The topological polar surface area (TPSA) is 89.3 Å². The average molecular weight is 212 g/mol. The van der Waals surface area contributed by atoms with Crippen LogP contribution in [0.5, 0.6) is 0 Å². The molecule has 0 aliphatic heterocycles. The zero-order valence-corrected chi connectivity index (χ0v) is 9.67. The van der Waals surface area contributed by atoms with Crippen LogP contribution in [-0.2, 0) is 17.6 Å². The molecular weight excluding hydrogens is 192 g/mol. The Kier molecular flexibility index (Phi) is 9.77. The molecule has 15 heavy (non-hydrogen) atoms. The van der Waals surface area contributed by atoms with Crippen molar-refractivity contribution in [1.82, 2.24) is 6.15 Å². The van der Waals surface area contributed by atoms with Gasteiger partial charge in [0.2, 0.25) is 0 Å². The molecule has 1 aromatic heterocycles. The monoisotopic (exact) mass is 212 g/mol. The number of carboxylic acid groups (broad SMARTS) is 1. The van der Waals surface area contributed by atoms with E-state index < -0.39 is 5.97 Å². The number of carbonyl (C=O) groups is 1. The second-order valence-corrected chi connectivity index (χ2v) is 2.95. The molecule has 0 fully saturated rings. The Hall–Kier alpha value is -1.42. The second-order valence-electron chi connectivity index (χ2n) is 2.95. The SMILES string of the molecule is CC(=O)[O-].CCc1c[nH+]cc(CC)c1.N. The molecule has 86 valence electrons. The Balaban J connectivity index is 0. The molecule has 1 heterocycles. The van der Waals surface area contributed by atoms with Gasteiger partial charge in [-0.15, -0.1) is 0 Å². The molecule has 0 spiro atoms. The predicted octanol–water partition coefficient (Wildman–Crippen LogP) is 0.544. The number of aromatic amines is 1. The normalized spacial score (nSPS) is 8.20. The van der Waals surface area contributed by atoms with Crippen LogP contribution < -0.4 is 16.2 Å². The highest BCUT2D eigenvalue weighted by Crippen LogP contribution is 2.00. The Morgan fingerprint density at radius 2 is 1.60 bits per heavy atom. The van der Waals surface area contributed by atoms with Gasteiger partial charge in [-0.05, 0) is 25.8 Å². The Morgan fingerprint density at radius 3 is 1.87 bits per heavy atom. The first-order valence-corrected chi connectivity index (χ1v) is 4.76. The quantitative estimate of drug-likeness (QED) is 0.776. The van der Waals surface area contributed by atoms with Gasteiger partial charge in [-0.25, -0.2) is 4.98 Å². The van der Waals surface area contributed by atoms with Crippen molar-refractivity contribution >= 4 is 5.97 Å². The van der Waals surface area contributed by atoms with E-state index in [0.717, 1.165) is 19.8 Å². The number of aliphatic carboxylic acids is 1. The van der Waals surface area contributed by atoms with E-state index in [9.17, 15) is 0 Å². The molecule has 0 aromatic carbocycles. The van der Waals surface area contributed by atoms with Crippen LogP contribution in [0.4, 0.5) is 0 Å². The summed E-state index contributed by atoms with van der Waals surface area (Å²) in [4.78, 5) is 12.0. The minimum absolute atomic E-state index is 0. The fourth-order valence-corrected chi connectivity index (χ4v) is 0.985. The van der Waals surface area contributed by atoms with Crippen molar-refractivity contribution in [2.24, 2.45) is 0 Å². The van der Waals surface area contributed by atoms with Gasteiger partial charge in [0.25, 0.3) is 0 Å². The van der Waals surface area contributed by atoms with Gasteiger partial charge in [-0.2, -0.15) is 0 Å². The number of carbonyl (C=O) groups excluding carboxylic acids is 1. The molecule has 1 rings (SSSR count). The maximum atomic E-state index is 8.89. The van der Waals surface area contributed by atoms with Crippen molar-refractivity contribution < 1.29 is 14.9 Å². The Bertz CT molecular complexity index is 264. The van der Waals surface area contributed by atoms with Crippen LogP contribution in [-0.4, -0.2) is 5.97 Å². The van der Waals surface area contributed by atoms with E-state index in [0.29, 0.717) is 0 Å². The van der Waals surface area contributed by atoms with Crippen LogP contribution in [0.3, 0.4) is 0 Å². The number of aryl methyl sites for hydroxylation is 2. The van der Waals surface area contributed by atoms with Crippen molar-refractivity contribution in [2.45, 2.75) is 33.6 Å². The summed E-state index contributed by atoms with van der Waals surface area (Å²) in [5.41, 5.74) is 2.78. The van der Waals surface area contributed by atoms with E-state index in [1.54, 1.807) is 0 Å². The second kappa shape index (κ2) is 9.15.